The number of nitrogens with zero attached hydrogens (tertiary/aromatic N) is 1. The molecule has 0 aromatic heterocycles. The van der Waals surface area contributed by atoms with Crippen LogP contribution >= 0.6 is 43.5 Å². The highest BCUT2D eigenvalue weighted by Gasteiger charge is 2.06. The van der Waals surface area contributed by atoms with Crippen LogP contribution < -0.4 is 5.43 Å². The number of hydrogen-bond acceptors (Lipinski definition) is 3. The Morgan fingerprint density at radius 3 is 2.67 bits per heavy atom. The third-order valence-electron chi connectivity index (χ3n) is 2.54. The minimum atomic E-state index is -0.360. The number of carbonyl (C=O) groups excluding carboxylic acids is 1. The van der Waals surface area contributed by atoms with Crippen molar-refractivity contribution in [2.75, 3.05) is 0 Å². The molecule has 0 spiro atoms. The van der Waals surface area contributed by atoms with E-state index in [9.17, 15) is 9.90 Å². The van der Waals surface area contributed by atoms with Crippen molar-refractivity contribution in [3.05, 3.63) is 61.5 Å². The number of hydrogen-bond donors (Lipinski definition) is 2. The van der Waals surface area contributed by atoms with E-state index >= 15 is 0 Å². The SMILES string of the molecule is O=C(N/N=C/c1cc(Cl)ccc1O)c1ccc(Br)c(Br)c1. The van der Waals surface area contributed by atoms with E-state index in [1.165, 1.54) is 12.3 Å². The van der Waals surface area contributed by atoms with Crippen LogP contribution in [0, 0.1) is 0 Å². The summed E-state index contributed by atoms with van der Waals surface area (Å²) in [6.45, 7) is 0. The Hall–Kier alpha value is -1.37. The molecule has 2 aromatic carbocycles. The number of halogens is 3. The second kappa shape index (κ2) is 7.06. The second-order valence-corrected chi connectivity index (χ2v) is 6.18. The van der Waals surface area contributed by atoms with Gasteiger partial charge in [-0.1, -0.05) is 11.6 Å². The van der Waals surface area contributed by atoms with Gasteiger partial charge in [-0.25, -0.2) is 5.43 Å². The summed E-state index contributed by atoms with van der Waals surface area (Å²) in [5, 5.41) is 13.9. The van der Waals surface area contributed by atoms with Crippen molar-refractivity contribution in [1.29, 1.82) is 0 Å². The van der Waals surface area contributed by atoms with E-state index in [1.54, 1.807) is 30.3 Å². The van der Waals surface area contributed by atoms with Crippen molar-refractivity contribution < 1.29 is 9.90 Å². The quantitative estimate of drug-likeness (QED) is 0.560. The Morgan fingerprint density at radius 1 is 1.19 bits per heavy atom. The van der Waals surface area contributed by atoms with Gasteiger partial charge in [0.2, 0.25) is 0 Å². The zero-order chi connectivity index (χ0) is 15.4. The fourth-order valence-electron chi connectivity index (χ4n) is 1.49. The molecular weight excluding hydrogens is 423 g/mol. The van der Waals surface area contributed by atoms with Gasteiger partial charge in [0.05, 0.1) is 6.21 Å². The average Bonchev–Trinajstić information content (AvgIpc) is 2.45. The predicted molar refractivity (Wildman–Crippen MR) is 90.0 cm³/mol. The maximum Gasteiger partial charge on any atom is 0.271 e. The Balaban J connectivity index is 2.08. The van der Waals surface area contributed by atoms with E-state index in [4.69, 9.17) is 11.6 Å². The molecule has 2 aromatic rings. The van der Waals surface area contributed by atoms with Gasteiger partial charge in [0.15, 0.2) is 0 Å². The summed E-state index contributed by atoms with van der Waals surface area (Å²) >= 11 is 12.5. The molecule has 0 aliphatic heterocycles. The number of phenolic OH excluding ortho intramolecular Hbond substituents is 1. The first kappa shape index (κ1) is 16.0. The van der Waals surface area contributed by atoms with Crippen molar-refractivity contribution in [2.24, 2.45) is 5.10 Å². The highest BCUT2D eigenvalue weighted by Crippen LogP contribution is 2.23. The fourth-order valence-corrected chi connectivity index (χ4v) is 2.30. The van der Waals surface area contributed by atoms with Gasteiger partial charge in [-0.15, -0.1) is 0 Å². The molecule has 0 saturated carbocycles. The highest BCUT2D eigenvalue weighted by molar-refractivity contribution is 9.13. The first-order valence-corrected chi connectivity index (χ1v) is 7.71. The van der Waals surface area contributed by atoms with Crippen LogP contribution in [0.25, 0.3) is 0 Å². The summed E-state index contributed by atoms with van der Waals surface area (Å²) in [5.41, 5.74) is 3.25. The molecule has 0 aliphatic carbocycles. The third-order valence-corrected chi connectivity index (χ3v) is 4.66. The highest BCUT2D eigenvalue weighted by atomic mass is 79.9. The Kier molecular flexibility index (Phi) is 5.39. The summed E-state index contributed by atoms with van der Waals surface area (Å²) in [7, 11) is 0. The molecule has 0 radical (unpaired) electrons. The second-order valence-electron chi connectivity index (χ2n) is 4.03. The van der Waals surface area contributed by atoms with Crippen molar-refractivity contribution >= 4 is 55.6 Å². The molecule has 0 atom stereocenters. The molecule has 4 nitrogen and oxygen atoms in total. The molecule has 0 unspecified atom stereocenters. The van der Waals surface area contributed by atoms with Crippen LogP contribution in [0.5, 0.6) is 5.75 Å². The monoisotopic (exact) mass is 430 g/mol. The molecular formula is C14H9Br2ClN2O2. The molecule has 0 aliphatic rings. The fraction of sp³-hybridized carbons (Fsp3) is 0. The summed E-state index contributed by atoms with van der Waals surface area (Å²) in [4.78, 5) is 11.9. The van der Waals surface area contributed by atoms with Crippen molar-refractivity contribution in [1.82, 2.24) is 5.43 Å². The predicted octanol–water partition coefficient (Wildman–Crippen LogP) is 4.33. The van der Waals surface area contributed by atoms with Crippen LogP contribution in [0.4, 0.5) is 0 Å². The van der Waals surface area contributed by atoms with E-state index in [-0.39, 0.29) is 11.7 Å². The normalized spacial score (nSPS) is 10.8. The summed E-state index contributed by atoms with van der Waals surface area (Å²) in [6.07, 6.45) is 1.33. The zero-order valence-electron chi connectivity index (χ0n) is 10.5. The Labute approximate surface area is 143 Å². The van der Waals surface area contributed by atoms with Gasteiger partial charge >= 0.3 is 0 Å². The number of hydrazone groups is 1. The molecule has 2 rings (SSSR count). The number of amides is 1. The van der Waals surface area contributed by atoms with E-state index in [2.05, 4.69) is 42.4 Å². The zero-order valence-corrected chi connectivity index (χ0v) is 14.4. The molecule has 0 bridgehead atoms. The number of carbonyl (C=O) groups is 1. The summed E-state index contributed by atoms with van der Waals surface area (Å²) in [5.74, 6) is -0.329. The first-order chi connectivity index (χ1) is 9.97. The molecule has 2 N–H and O–H groups in total. The lowest BCUT2D eigenvalue weighted by molar-refractivity contribution is 0.0955. The number of phenols is 1. The van der Waals surface area contributed by atoms with Crippen molar-refractivity contribution in [3.63, 3.8) is 0 Å². The third kappa shape index (κ3) is 4.30. The van der Waals surface area contributed by atoms with Gasteiger partial charge in [0.25, 0.3) is 5.91 Å². The van der Waals surface area contributed by atoms with Crippen LogP contribution in [0.3, 0.4) is 0 Å². The molecule has 0 fully saturated rings. The van der Waals surface area contributed by atoms with Gasteiger partial charge in [-0.2, -0.15) is 5.10 Å². The standard InChI is InChI=1S/C14H9Br2ClN2O2/c15-11-3-1-8(6-12(11)16)14(21)19-18-7-9-5-10(17)2-4-13(9)20/h1-7,20H,(H,19,21)/b18-7+. The van der Waals surface area contributed by atoms with Gasteiger partial charge in [0.1, 0.15) is 5.75 Å². The number of nitrogens with one attached hydrogen (secondary N) is 1. The van der Waals surface area contributed by atoms with Gasteiger partial charge in [-0.05, 0) is 68.3 Å². The Morgan fingerprint density at radius 2 is 1.95 bits per heavy atom. The largest absolute Gasteiger partial charge is 0.507 e. The number of aromatic hydroxyl groups is 1. The van der Waals surface area contributed by atoms with E-state index < -0.39 is 0 Å². The molecule has 0 saturated heterocycles. The lowest BCUT2D eigenvalue weighted by Crippen LogP contribution is -2.17. The van der Waals surface area contributed by atoms with Gasteiger partial charge < -0.3 is 5.11 Å². The van der Waals surface area contributed by atoms with Crippen LogP contribution in [0.15, 0.2) is 50.4 Å². The van der Waals surface area contributed by atoms with Gasteiger partial charge in [-0.3, -0.25) is 4.79 Å². The van der Waals surface area contributed by atoms with E-state index in [0.717, 1.165) is 8.95 Å². The molecule has 1 amide bonds. The first-order valence-electron chi connectivity index (χ1n) is 5.74. The van der Waals surface area contributed by atoms with Crippen molar-refractivity contribution in [3.8, 4) is 5.75 Å². The lowest BCUT2D eigenvalue weighted by Gasteiger charge is -2.02. The molecule has 108 valence electrons. The van der Waals surface area contributed by atoms with Crippen molar-refractivity contribution in [2.45, 2.75) is 0 Å². The Bertz CT molecular complexity index is 720. The number of benzene rings is 2. The van der Waals surface area contributed by atoms with Crippen LogP contribution in [0.2, 0.25) is 5.02 Å². The number of rotatable bonds is 3. The van der Waals surface area contributed by atoms with Crippen LogP contribution in [-0.4, -0.2) is 17.2 Å². The smallest absolute Gasteiger partial charge is 0.271 e. The average molecular weight is 432 g/mol. The van der Waals surface area contributed by atoms with E-state index in [1.807, 2.05) is 0 Å². The molecule has 7 heteroatoms. The summed E-state index contributed by atoms with van der Waals surface area (Å²) < 4.78 is 1.62. The van der Waals surface area contributed by atoms with Gasteiger partial charge in [0, 0.05) is 25.1 Å². The minimum Gasteiger partial charge on any atom is -0.507 e. The molecule has 21 heavy (non-hydrogen) atoms. The lowest BCUT2D eigenvalue weighted by atomic mass is 10.2. The molecule has 0 heterocycles. The van der Waals surface area contributed by atoms with Crippen LogP contribution in [-0.2, 0) is 0 Å². The van der Waals surface area contributed by atoms with Crippen LogP contribution in [0.1, 0.15) is 15.9 Å². The maximum atomic E-state index is 11.9. The minimum absolute atomic E-state index is 0.0313. The topological polar surface area (TPSA) is 61.7 Å². The maximum absolute atomic E-state index is 11.9. The van der Waals surface area contributed by atoms with E-state index in [0.29, 0.717) is 16.1 Å². The summed E-state index contributed by atoms with van der Waals surface area (Å²) in [6, 6.07) is 9.65.